The van der Waals surface area contributed by atoms with E-state index in [1.54, 1.807) is 31.9 Å². The van der Waals surface area contributed by atoms with Crippen molar-refractivity contribution in [3.63, 3.8) is 0 Å². The van der Waals surface area contributed by atoms with Crippen molar-refractivity contribution in [2.45, 2.75) is 23.5 Å². The van der Waals surface area contributed by atoms with Gasteiger partial charge in [0, 0.05) is 0 Å². The summed E-state index contributed by atoms with van der Waals surface area (Å²) in [6, 6.07) is 0. The summed E-state index contributed by atoms with van der Waals surface area (Å²) in [6.45, 7) is 4.00. The molecule has 0 rings (SSSR count). The van der Waals surface area contributed by atoms with Crippen molar-refractivity contribution in [1.29, 1.82) is 0 Å². The van der Waals surface area contributed by atoms with Crippen molar-refractivity contribution in [2.75, 3.05) is 0 Å². The molecule has 0 aliphatic heterocycles. The number of hydrogen-bond acceptors (Lipinski definition) is 0. The summed E-state index contributed by atoms with van der Waals surface area (Å²) >= 11 is 3.45. The molecule has 0 saturated heterocycles. The first-order valence-corrected chi connectivity index (χ1v) is 3.97. The Labute approximate surface area is 73.2 Å². The Balaban J connectivity index is 0. The molecule has 0 aromatic carbocycles. The van der Waals surface area contributed by atoms with Crippen molar-refractivity contribution in [3.05, 3.63) is 0 Å². The van der Waals surface area contributed by atoms with Crippen molar-refractivity contribution in [3.8, 4) is 0 Å². The molecule has 6 heteroatoms. The molecule has 0 amide bonds. The first-order chi connectivity index (χ1) is 4.25. The van der Waals surface area contributed by atoms with Gasteiger partial charge in [0.15, 0.2) is 0 Å². The molecular weight excluding hydrogens is 284 g/mol. The van der Waals surface area contributed by atoms with Gasteiger partial charge in [-0.25, -0.2) is 4.39 Å². The molecule has 0 atom stereocenters. The maximum atomic E-state index is 11.6. The average Bonchev–Trinajstić information content (AvgIpc) is 1.66. The highest BCUT2D eigenvalue weighted by Gasteiger charge is 2.52. The van der Waals surface area contributed by atoms with Crippen molar-refractivity contribution in [2.24, 2.45) is 0 Å². The van der Waals surface area contributed by atoms with Gasteiger partial charge >= 0.3 is 9.66 Å². The Bertz CT molecular complexity index is 70.2. The Kier molecular flexibility index (Phi) is 6.03. The summed E-state index contributed by atoms with van der Waals surface area (Å²) in [5, 5.41) is 0. The summed E-state index contributed by atoms with van der Waals surface area (Å²) in [4.78, 5) is 0. The molecule has 0 aliphatic rings. The van der Waals surface area contributed by atoms with Crippen LogP contribution in [0.2, 0.25) is 0 Å². The highest BCUT2D eigenvalue weighted by atomic mass is 79.9. The quantitative estimate of drug-likeness (QED) is 0.467. The van der Waals surface area contributed by atoms with Gasteiger partial charge in [-0.05, 0) is 31.9 Å². The van der Waals surface area contributed by atoms with Crippen LogP contribution in [0.3, 0.4) is 0 Å². The fraction of sp³-hybridized carbons (Fsp3) is 1.00. The lowest BCUT2D eigenvalue weighted by atomic mass is 10.7. The van der Waals surface area contributed by atoms with Crippen molar-refractivity contribution < 1.29 is 17.6 Å². The second-order valence-corrected chi connectivity index (χ2v) is 4.25. The molecule has 0 spiro atoms. The third-order valence-electron chi connectivity index (χ3n) is 0.321. The third kappa shape index (κ3) is 5.46. The van der Waals surface area contributed by atoms with Crippen molar-refractivity contribution >= 4 is 31.9 Å². The zero-order chi connectivity index (χ0) is 9.00. The molecule has 0 aromatic heterocycles. The largest absolute Gasteiger partial charge is 0.443 e. The monoisotopic (exact) mass is 288 g/mol. The Morgan fingerprint density at radius 2 is 1.00 bits per heavy atom. The summed E-state index contributed by atoms with van der Waals surface area (Å²) in [5.74, 6) is 0. The number of hydrogen-bond donors (Lipinski definition) is 0. The molecule has 0 aliphatic carbocycles. The van der Waals surface area contributed by atoms with Crippen molar-refractivity contribution in [1.82, 2.24) is 0 Å². The minimum Gasteiger partial charge on any atom is -0.208 e. The van der Waals surface area contributed by atoms with Gasteiger partial charge in [-0.15, -0.1) is 0 Å². The van der Waals surface area contributed by atoms with Gasteiger partial charge < -0.3 is 0 Å². The van der Waals surface area contributed by atoms with Crippen LogP contribution < -0.4 is 0 Å². The zero-order valence-corrected chi connectivity index (χ0v) is 8.44. The molecule has 10 heavy (non-hydrogen) atoms. The van der Waals surface area contributed by atoms with Gasteiger partial charge in [0.25, 0.3) is 0 Å². The highest BCUT2D eigenvalue weighted by Crippen LogP contribution is 2.43. The fourth-order valence-corrected chi connectivity index (χ4v) is 0. The van der Waals surface area contributed by atoms with E-state index in [2.05, 4.69) is 0 Å². The number of rotatable bonds is 0. The minimum atomic E-state index is -4.90. The van der Waals surface area contributed by atoms with E-state index in [1.165, 1.54) is 0 Å². The van der Waals surface area contributed by atoms with E-state index >= 15 is 0 Å². The van der Waals surface area contributed by atoms with E-state index in [9.17, 15) is 17.6 Å². The van der Waals surface area contributed by atoms with Gasteiger partial charge in [0.2, 0.25) is 0 Å². The fourth-order valence-electron chi connectivity index (χ4n) is 0. The lowest BCUT2D eigenvalue weighted by Gasteiger charge is -2.12. The second-order valence-electron chi connectivity index (χ2n) is 0.996. The van der Waals surface area contributed by atoms with Crippen LogP contribution in [0.1, 0.15) is 13.8 Å². The van der Waals surface area contributed by atoms with Crippen LogP contribution in [0.4, 0.5) is 17.6 Å². The van der Waals surface area contributed by atoms with Gasteiger partial charge in [-0.2, -0.15) is 13.2 Å². The number of alkyl halides is 6. The molecule has 0 fully saturated rings. The maximum Gasteiger partial charge on any atom is 0.443 e. The first-order valence-electron chi connectivity index (χ1n) is 2.38. The number of halogens is 6. The van der Waals surface area contributed by atoms with E-state index in [0.717, 1.165) is 0 Å². The molecule has 0 radical (unpaired) electrons. The van der Waals surface area contributed by atoms with E-state index in [0.29, 0.717) is 0 Å². The predicted molar refractivity (Wildman–Crippen MR) is 39.1 cm³/mol. The molecule has 0 nitrogen and oxygen atoms in total. The van der Waals surface area contributed by atoms with Gasteiger partial charge in [-0.1, -0.05) is 13.8 Å². The van der Waals surface area contributed by atoms with Crippen LogP contribution in [0, 0.1) is 0 Å². The molecule has 64 valence electrons. The Morgan fingerprint density at radius 3 is 1.00 bits per heavy atom. The normalized spacial score (nSPS) is 12.0. The molecule has 0 aromatic rings. The highest BCUT2D eigenvalue weighted by molar-refractivity contribution is 9.25. The van der Waals surface area contributed by atoms with Crippen LogP contribution in [0.25, 0.3) is 0 Å². The summed E-state index contributed by atoms with van der Waals surface area (Å²) in [6.07, 6.45) is -4.90. The lowest BCUT2D eigenvalue weighted by molar-refractivity contribution is -0.160. The first kappa shape index (κ1) is 13.3. The summed E-state index contributed by atoms with van der Waals surface area (Å²) in [7, 11) is 0. The van der Waals surface area contributed by atoms with Gasteiger partial charge in [0.1, 0.15) is 0 Å². The van der Waals surface area contributed by atoms with E-state index in [1.807, 2.05) is 13.8 Å². The van der Waals surface area contributed by atoms with Crippen LogP contribution in [0.5, 0.6) is 0 Å². The van der Waals surface area contributed by atoms with Crippen LogP contribution in [-0.2, 0) is 0 Å². The molecule has 0 heterocycles. The zero-order valence-electron chi connectivity index (χ0n) is 5.27. The molecular formula is C4H6Br2F4. The summed E-state index contributed by atoms with van der Waals surface area (Å²) in [5.41, 5.74) is 0. The lowest BCUT2D eigenvalue weighted by Crippen LogP contribution is -2.27. The van der Waals surface area contributed by atoms with E-state index < -0.39 is 9.66 Å². The van der Waals surface area contributed by atoms with E-state index in [4.69, 9.17) is 0 Å². The van der Waals surface area contributed by atoms with Gasteiger partial charge in [0.05, 0.1) is 0 Å². The second kappa shape index (κ2) is 4.54. The molecule has 0 saturated carbocycles. The van der Waals surface area contributed by atoms with Gasteiger partial charge in [-0.3, -0.25) is 0 Å². The van der Waals surface area contributed by atoms with Crippen LogP contribution in [0.15, 0.2) is 0 Å². The summed E-state index contributed by atoms with van der Waals surface area (Å²) < 4.78 is 41.4. The topological polar surface area (TPSA) is 0 Å². The smallest absolute Gasteiger partial charge is 0.208 e. The molecule has 0 bridgehead atoms. The Morgan fingerprint density at radius 1 is 0.900 bits per heavy atom. The Hall–Kier alpha value is 0.680. The predicted octanol–water partition coefficient (Wildman–Crippen LogP) is 3.99. The van der Waals surface area contributed by atoms with Crippen LogP contribution >= 0.6 is 31.9 Å². The van der Waals surface area contributed by atoms with E-state index in [-0.39, 0.29) is 0 Å². The molecule has 0 unspecified atom stereocenters. The average molecular weight is 290 g/mol. The minimum absolute atomic E-state index is 1.72. The maximum absolute atomic E-state index is 11.6. The SMILES string of the molecule is CC.FC(F)(F)C(F)(Br)Br. The van der Waals surface area contributed by atoms with Crippen LogP contribution in [-0.4, -0.2) is 9.66 Å². The third-order valence-corrected chi connectivity index (χ3v) is 1.22. The standard InChI is InChI=1S/C2Br2F4.C2H6/c3-1(4,5)2(6,7)8;1-2/h;1-2H3. The molecule has 0 N–H and O–H groups in total.